The maximum Gasteiger partial charge on any atom is 0.172 e. The van der Waals surface area contributed by atoms with Crippen molar-refractivity contribution in [2.75, 3.05) is 0 Å². The van der Waals surface area contributed by atoms with Gasteiger partial charge in [-0.25, -0.2) is 0 Å². The van der Waals surface area contributed by atoms with Gasteiger partial charge in [-0.15, -0.1) is 11.3 Å². The Labute approximate surface area is 113 Å². The average Bonchev–Trinajstić information content (AvgIpc) is 2.86. The first-order valence-corrected chi connectivity index (χ1v) is 7.63. The van der Waals surface area contributed by atoms with Crippen molar-refractivity contribution in [1.29, 1.82) is 0 Å². The molecule has 1 heterocycles. The predicted molar refractivity (Wildman–Crippen MR) is 72.6 cm³/mol. The van der Waals surface area contributed by atoms with Gasteiger partial charge in [0.2, 0.25) is 0 Å². The summed E-state index contributed by atoms with van der Waals surface area (Å²) in [6.07, 6.45) is 7.02. The van der Waals surface area contributed by atoms with Gasteiger partial charge in [-0.2, -0.15) is 0 Å². The quantitative estimate of drug-likeness (QED) is 0.686. The van der Waals surface area contributed by atoms with Crippen molar-refractivity contribution in [3.63, 3.8) is 0 Å². The van der Waals surface area contributed by atoms with Gasteiger partial charge < -0.3 is 0 Å². The second-order valence-electron chi connectivity index (χ2n) is 4.34. The van der Waals surface area contributed by atoms with Crippen LogP contribution in [0.15, 0.2) is 9.85 Å². The highest BCUT2D eigenvalue weighted by atomic mass is 79.9. The molecular weight excluding hydrogens is 308 g/mol. The fourth-order valence-electron chi connectivity index (χ4n) is 2.24. The normalized spacial score (nSPS) is 16.9. The summed E-state index contributed by atoms with van der Waals surface area (Å²) in [6, 6.07) is 1.77. The number of ketones is 1. The third-order valence-corrected chi connectivity index (χ3v) is 5.69. The van der Waals surface area contributed by atoms with Crippen molar-refractivity contribution < 1.29 is 4.79 Å². The Hall–Kier alpha value is 0.140. The second-order valence-corrected chi connectivity index (χ2v) is 7.12. The maximum atomic E-state index is 11.9. The lowest BCUT2D eigenvalue weighted by atomic mass is 10.00. The van der Waals surface area contributed by atoms with Gasteiger partial charge in [0, 0.05) is 6.42 Å². The fourth-order valence-corrected chi connectivity index (χ4v) is 3.91. The number of hydrogen-bond acceptors (Lipinski definition) is 2. The Balaban J connectivity index is 1.87. The number of hydrogen-bond donors (Lipinski definition) is 0. The highest BCUT2D eigenvalue weighted by molar-refractivity contribution is 9.11. The Morgan fingerprint density at radius 2 is 2.19 bits per heavy atom. The minimum absolute atomic E-state index is 0.240. The third kappa shape index (κ3) is 3.08. The lowest BCUT2D eigenvalue weighted by molar-refractivity contribution is 0.0978. The molecule has 1 aliphatic carbocycles. The van der Waals surface area contributed by atoms with Crippen LogP contribution in [0.3, 0.4) is 0 Å². The van der Waals surface area contributed by atoms with E-state index in [0.29, 0.717) is 11.4 Å². The van der Waals surface area contributed by atoms with Gasteiger partial charge in [-0.05, 0) is 34.3 Å². The largest absolute Gasteiger partial charge is 0.293 e. The van der Waals surface area contributed by atoms with E-state index in [1.807, 2.05) is 0 Å². The van der Waals surface area contributed by atoms with Crippen LogP contribution in [0.4, 0.5) is 0 Å². The molecule has 0 aliphatic heterocycles. The van der Waals surface area contributed by atoms with Crippen LogP contribution in [0.5, 0.6) is 0 Å². The Kier molecular flexibility index (Phi) is 4.45. The highest BCUT2D eigenvalue weighted by Gasteiger charge is 2.18. The minimum Gasteiger partial charge on any atom is -0.293 e. The van der Waals surface area contributed by atoms with Crippen LogP contribution in [0.2, 0.25) is 5.02 Å². The van der Waals surface area contributed by atoms with E-state index in [1.54, 1.807) is 6.07 Å². The van der Waals surface area contributed by atoms with Gasteiger partial charge in [0.1, 0.15) is 0 Å². The van der Waals surface area contributed by atoms with Crippen LogP contribution in [0, 0.1) is 5.92 Å². The summed E-state index contributed by atoms with van der Waals surface area (Å²) in [5, 5.41) is 0.647. The van der Waals surface area contributed by atoms with Crippen molar-refractivity contribution in [2.24, 2.45) is 5.92 Å². The van der Waals surface area contributed by atoms with Gasteiger partial charge >= 0.3 is 0 Å². The highest BCUT2D eigenvalue weighted by Crippen LogP contribution is 2.34. The van der Waals surface area contributed by atoms with Crippen LogP contribution in [-0.4, -0.2) is 5.78 Å². The molecule has 0 bridgehead atoms. The van der Waals surface area contributed by atoms with Crippen LogP contribution in [0.25, 0.3) is 0 Å². The summed E-state index contributed by atoms with van der Waals surface area (Å²) in [6.45, 7) is 0. The second kappa shape index (κ2) is 5.65. The molecule has 1 saturated carbocycles. The summed E-state index contributed by atoms with van der Waals surface area (Å²) in [5.74, 6) is 1.02. The molecule has 0 aromatic carbocycles. The van der Waals surface area contributed by atoms with Crippen LogP contribution >= 0.6 is 38.9 Å². The Morgan fingerprint density at radius 3 is 2.75 bits per heavy atom. The monoisotopic (exact) mass is 320 g/mol. The lowest BCUT2D eigenvalue weighted by Gasteiger charge is -2.06. The van der Waals surface area contributed by atoms with E-state index in [2.05, 4.69) is 15.9 Å². The van der Waals surface area contributed by atoms with Gasteiger partial charge in [0.05, 0.1) is 13.7 Å². The lowest BCUT2D eigenvalue weighted by Crippen LogP contribution is -2.00. The molecule has 0 N–H and O–H groups in total. The van der Waals surface area contributed by atoms with E-state index in [-0.39, 0.29) is 5.78 Å². The van der Waals surface area contributed by atoms with E-state index >= 15 is 0 Å². The zero-order valence-corrected chi connectivity index (χ0v) is 12.1. The summed E-state index contributed by atoms with van der Waals surface area (Å²) < 4.78 is 0.860. The molecule has 1 aliphatic rings. The zero-order chi connectivity index (χ0) is 11.5. The molecule has 1 aromatic rings. The zero-order valence-electron chi connectivity index (χ0n) is 8.97. The smallest absolute Gasteiger partial charge is 0.172 e. The van der Waals surface area contributed by atoms with Crippen LogP contribution in [0.1, 0.15) is 48.2 Å². The molecule has 1 aromatic heterocycles. The minimum atomic E-state index is 0.240. The summed E-state index contributed by atoms with van der Waals surface area (Å²) in [4.78, 5) is 12.7. The molecule has 0 atom stereocenters. The van der Waals surface area contributed by atoms with Crippen molar-refractivity contribution in [1.82, 2.24) is 0 Å². The van der Waals surface area contributed by atoms with Crippen molar-refractivity contribution in [2.45, 2.75) is 38.5 Å². The predicted octanol–water partition coefficient (Wildman–Crippen LogP) is 5.32. The van der Waals surface area contributed by atoms with Gasteiger partial charge in [-0.3, -0.25) is 4.79 Å². The number of halogens is 2. The molecule has 1 fully saturated rings. The van der Waals surface area contributed by atoms with Gasteiger partial charge in [0.15, 0.2) is 5.78 Å². The molecule has 4 heteroatoms. The first-order valence-electron chi connectivity index (χ1n) is 5.65. The first-order chi connectivity index (χ1) is 7.66. The van der Waals surface area contributed by atoms with Crippen molar-refractivity contribution >= 4 is 44.7 Å². The van der Waals surface area contributed by atoms with Crippen LogP contribution in [-0.2, 0) is 0 Å². The Morgan fingerprint density at radius 1 is 1.50 bits per heavy atom. The molecule has 88 valence electrons. The molecule has 0 unspecified atom stereocenters. The molecular formula is C12H14BrClOS. The third-order valence-electron chi connectivity index (χ3n) is 3.17. The van der Waals surface area contributed by atoms with Crippen molar-refractivity contribution in [3.05, 3.63) is 19.8 Å². The molecule has 0 radical (unpaired) electrons. The van der Waals surface area contributed by atoms with Gasteiger partial charge in [-0.1, -0.05) is 37.3 Å². The number of carbonyl (C=O) groups excluding carboxylic acids is 1. The maximum absolute atomic E-state index is 11.9. The van der Waals surface area contributed by atoms with E-state index in [0.717, 1.165) is 21.0 Å². The SMILES string of the molecule is O=C(CCC1CCCC1)c1cc(Cl)c(Br)s1. The Bertz CT molecular complexity index is 363. The van der Waals surface area contributed by atoms with E-state index in [4.69, 9.17) is 11.6 Å². The molecule has 0 amide bonds. The number of carbonyl (C=O) groups is 1. The van der Waals surface area contributed by atoms with Crippen molar-refractivity contribution in [3.8, 4) is 0 Å². The standard InChI is InChI=1S/C12H14BrClOS/c13-12-9(14)7-11(16-12)10(15)6-5-8-3-1-2-4-8/h7-8H,1-6H2. The molecule has 2 rings (SSSR count). The number of rotatable bonds is 4. The van der Waals surface area contributed by atoms with Crippen LogP contribution < -0.4 is 0 Å². The van der Waals surface area contributed by atoms with Gasteiger partial charge in [0.25, 0.3) is 0 Å². The topological polar surface area (TPSA) is 17.1 Å². The molecule has 0 spiro atoms. The van der Waals surface area contributed by atoms with E-state index in [1.165, 1.54) is 37.0 Å². The summed E-state index contributed by atoms with van der Waals surface area (Å²) >= 11 is 10.7. The molecule has 0 saturated heterocycles. The summed E-state index contributed by atoms with van der Waals surface area (Å²) in [7, 11) is 0. The van der Waals surface area contributed by atoms with E-state index in [9.17, 15) is 4.79 Å². The average molecular weight is 322 g/mol. The summed E-state index contributed by atoms with van der Waals surface area (Å²) in [5.41, 5.74) is 0. The first kappa shape index (κ1) is 12.6. The molecule has 1 nitrogen and oxygen atoms in total. The number of Topliss-reactive ketones (excluding diaryl/α,β-unsaturated/α-hetero) is 1. The molecule has 16 heavy (non-hydrogen) atoms. The fraction of sp³-hybridized carbons (Fsp3) is 0.583. The van der Waals surface area contributed by atoms with E-state index < -0.39 is 0 Å². The number of thiophene rings is 1.